The van der Waals surface area contributed by atoms with Crippen LogP contribution in [0.4, 0.5) is 0 Å². The van der Waals surface area contributed by atoms with E-state index in [4.69, 9.17) is 13.9 Å². The van der Waals surface area contributed by atoms with Gasteiger partial charge in [0.2, 0.25) is 0 Å². The minimum Gasteiger partial charge on any atom is -0.485 e. The number of thiophene rings is 1. The number of pyridine rings is 3. The van der Waals surface area contributed by atoms with Gasteiger partial charge in [-0.05, 0) is 48.5 Å². The molecule has 2 N–H and O–H groups in total. The first-order valence-corrected chi connectivity index (χ1v) is 12.2. The van der Waals surface area contributed by atoms with E-state index in [0.717, 1.165) is 4.88 Å². The van der Waals surface area contributed by atoms with Gasteiger partial charge >= 0.3 is 11.9 Å². The molecular formula is C27H17N3O7S. The molecule has 0 unspecified atom stereocenters. The number of rotatable bonds is 6. The quantitative estimate of drug-likeness (QED) is 0.296. The Kier molecular flexibility index (Phi) is 5.81. The summed E-state index contributed by atoms with van der Waals surface area (Å²) in [5.41, 5.74) is 1.81. The highest BCUT2D eigenvalue weighted by atomic mass is 32.1. The molecule has 0 saturated carbocycles. The first kappa shape index (κ1) is 23.4. The molecule has 0 bridgehead atoms. The fourth-order valence-electron chi connectivity index (χ4n) is 3.99. The molecule has 0 atom stereocenters. The van der Waals surface area contributed by atoms with E-state index < -0.39 is 11.9 Å². The second-order valence-electron chi connectivity index (χ2n) is 8.22. The zero-order valence-corrected chi connectivity index (χ0v) is 20.3. The minimum atomic E-state index is -1.17. The summed E-state index contributed by atoms with van der Waals surface area (Å²) in [6.07, 6.45) is 2.91. The summed E-state index contributed by atoms with van der Waals surface area (Å²) in [5.74, 6) is 0.282. The third kappa shape index (κ3) is 4.35. The molecule has 1 aliphatic heterocycles. The van der Waals surface area contributed by atoms with Gasteiger partial charge in [0.05, 0.1) is 33.9 Å². The number of hydrogen-bond donors (Lipinski definition) is 2. The summed E-state index contributed by atoms with van der Waals surface area (Å²) < 4.78 is 17.5. The number of carboxylic acid groups (broad SMARTS) is 2. The van der Waals surface area contributed by atoms with Crippen LogP contribution in [0, 0.1) is 0 Å². The number of carbonyl (C=O) groups is 2. The maximum absolute atomic E-state index is 11.9. The second-order valence-corrected chi connectivity index (χ2v) is 9.09. The van der Waals surface area contributed by atoms with Crippen LogP contribution in [0.1, 0.15) is 20.7 Å². The molecule has 188 valence electrons. The van der Waals surface area contributed by atoms with Crippen LogP contribution >= 0.6 is 11.3 Å². The van der Waals surface area contributed by atoms with Gasteiger partial charge in [0.1, 0.15) is 29.6 Å². The molecule has 6 heterocycles. The van der Waals surface area contributed by atoms with Gasteiger partial charge in [0.25, 0.3) is 0 Å². The standard InChI is InChI=1S/C27H17N3O7S/c31-26(32)15-4-6-29-18(10-15)20-12-16(27(33)34)11-19(30-20)17-9-14(3-5-28-17)21-1-2-22(37-21)25-24-23(13-38-25)35-7-8-36-24/h1-6,9-13H,7-8H2,(H,31,32)(H,33,34). The van der Waals surface area contributed by atoms with Crippen LogP contribution in [0.15, 0.2) is 70.7 Å². The molecule has 0 fully saturated rings. The third-order valence-electron chi connectivity index (χ3n) is 5.78. The van der Waals surface area contributed by atoms with Crippen molar-refractivity contribution in [1.29, 1.82) is 0 Å². The number of fused-ring (bicyclic) bond motifs is 1. The van der Waals surface area contributed by atoms with E-state index in [1.165, 1.54) is 41.8 Å². The largest absolute Gasteiger partial charge is 0.485 e. The smallest absolute Gasteiger partial charge is 0.335 e. The number of ether oxygens (including phenoxy) is 2. The van der Waals surface area contributed by atoms with Gasteiger partial charge in [-0.3, -0.25) is 9.97 Å². The number of aromatic carboxylic acids is 2. The van der Waals surface area contributed by atoms with Crippen LogP contribution in [0.2, 0.25) is 0 Å². The lowest BCUT2D eigenvalue weighted by Crippen LogP contribution is -2.14. The molecule has 0 aliphatic carbocycles. The van der Waals surface area contributed by atoms with E-state index >= 15 is 0 Å². The third-order valence-corrected chi connectivity index (χ3v) is 6.73. The van der Waals surface area contributed by atoms with E-state index in [1.807, 2.05) is 17.5 Å². The SMILES string of the molecule is O=C(O)c1ccnc(-c2cc(C(=O)O)cc(-c3cc(-c4ccc(-c5scc6c5OCCO6)o4)ccn3)n2)c1. The zero-order valence-electron chi connectivity index (χ0n) is 19.5. The Morgan fingerprint density at radius 2 is 1.42 bits per heavy atom. The van der Waals surface area contributed by atoms with E-state index in [0.29, 0.717) is 47.5 Å². The highest BCUT2D eigenvalue weighted by Crippen LogP contribution is 2.46. The molecule has 0 aromatic carbocycles. The molecular weight excluding hydrogens is 510 g/mol. The number of aromatic nitrogens is 3. The normalized spacial score (nSPS) is 12.3. The summed E-state index contributed by atoms with van der Waals surface area (Å²) in [4.78, 5) is 37.2. The average Bonchev–Trinajstić information content (AvgIpc) is 3.60. The molecule has 11 heteroatoms. The van der Waals surface area contributed by atoms with Crippen LogP contribution in [0.5, 0.6) is 11.5 Å². The van der Waals surface area contributed by atoms with Gasteiger partial charge in [-0.15, -0.1) is 11.3 Å². The second kappa shape index (κ2) is 9.45. The maximum atomic E-state index is 11.9. The Morgan fingerprint density at radius 1 is 0.763 bits per heavy atom. The van der Waals surface area contributed by atoms with Crippen molar-refractivity contribution in [3.63, 3.8) is 0 Å². The van der Waals surface area contributed by atoms with E-state index in [2.05, 4.69) is 15.0 Å². The molecule has 1 aliphatic rings. The molecule has 0 radical (unpaired) electrons. The molecule has 10 nitrogen and oxygen atoms in total. The van der Waals surface area contributed by atoms with Crippen molar-refractivity contribution in [3.05, 3.63) is 77.4 Å². The Bertz CT molecular complexity index is 1710. The highest BCUT2D eigenvalue weighted by Gasteiger charge is 2.22. The summed E-state index contributed by atoms with van der Waals surface area (Å²) in [7, 11) is 0. The van der Waals surface area contributed by atoms with Crippen LogP contribution in [0.3, 0.4) is 0 Å². The lowest BCUT2D eigenvalue weighted by Gasteiger charge is -2.15. The van der Waals surface area contributed by atoms with Crippen molar-refractivity contribution in [2.45, 2.75) is 0 Å². The van der Waals surface area contributed by atoms with E-state index in [-0.39, 0.29) is 28.2 Å². The van der Waals surface area contributed by atoms with E-state index in [1.54, 1.807) is 18.3 Å². The van der Waals surface area contributed by atoms with Crippen molar-refractivity contribution in [1.82, 2.24) is 15.0 Å². The van der Waals surface area contributed by atoms with Crippen LogP contribution < -0.4 is 9.47 Å². The number of carboxylic acids is 2. The van der Waals surface area contributed by atoms with Crippen molar-refractivity contribution < 1.29 is 33.7 Å². The van der Waals surface area contributed by atoms with Gasteiger partial charge < -0.3 is 24.1 Å². The van der Waals surface area contributed by atoms with Crippen molar-refractivity contribution in [2.75, 3.05) is 13.2 Å². The number of nitrogens with zero attached hydrogens (tertiary/aromatic N) is 3. The molecule has 6 rings (SSSR count). The van der Waals surface area contributed by atoms with Crippen molar-refractivity contribution >= 4 is 23.3 Å². The molecule has 0 saturated heterocycles. The molecule has 5 aromatic rings. The summed E-state index contributed by atoms with van der Waals surface area (Å²) in [6.45, 7) is 0.977. The molecule has 0 amide bonds. The fourth-order valence-corrected chi connectivity index (χ4v) is 4.88. The van der Waals surface area contributed by atoms with Gasteiger partial charge in [-0.25, -0.2) is 14.6 Å². The topological polar surface area (TPSA) is 145 Å². The van der Waals surface area contributed by atoms with Gasteiger partial charge in [-0.2, -0.15) is 0 Å². The highest BCUT2D eigenvalue weighted by molar-refractivity contribution is 7.14. The summed E-state index contributed by atoms with van der Waals surface area (Å²) in [6, 6.07) is 12.6. The average molecular weight is 528 g/mol. The van der Waals surface area contributed by atoms with Gasteiger partial charge in [-0.1, -0.05) is 0 Å². The predicted molar refractivity (Wildman–Crippen MR) is 137 cm³/mol. The summed E-state index contributed by atoms with van der Waals surface area (Å²) in [5, 5.41) is 20.9. The monoisotopic (exact) mass is 527 g/mol. The number of hydrogen-bond acceptors (Lipinski definition) is 9. The Balaban J connectivity index is 1.38. The lowest BCUT2D eigenvalue weighted by atomic mass is 10.1. The number of furan rings is 1. The molecule has 5 aromatic heterocycles. The maximum Gasteiger partial charge on any atom is 0.335 e. The lowest BCUT2D eigenvalue weighted by molar-refractivity contribution is 0.0686. The molecule has 38 heavy (non-hydrogen) atoms. The Hall–Kier alpha value is -5.03. The summed E-state index contributed by atoms with van der Waals surface area (Å²) >= 11 is 1.47. The Morgan fingerprint density at radius 3 is 2.18 bits per heavy atom. The first-order chi connectivity index (χ1) is 18.5. The van der Waals surface area contributed by atoms with Gasteiger partial charge in [0.15, 0.2) is 11.5 Å². The van der Waals surface area contributed by atoms with Crippen molar-refractivity contribution in [2.24, 2.45) is 0 Å². The fraction of sp³-hybridized carbons (Fsp3) is 0.0741. The first-order valence-electron chi connectivity index (χ1n) is 11.4. The minimum absolute atomic E-state index is 0.0109. The van der Waals surface area contributed by atoms with Crippen LogP contribution in [0.25, 0.3) is 44.7 Å². The van der Waals surface area contributed by atoms with Crippen LogP contribution in [-0.2, 0) is 0 Å². The van der Waals surface area contributed by atoms with E-state index in [9.17, 15) is 19.8 Å². The molecule has 0 spiro atoms. The van der Waals surface area contributed by atoms with Crippen LogP contribution in [-0.4, -0.2) is 50.3 Å². The predicted octanol–water partition coefficient (Wildman–Crippen LogP) is 5.36. The van der Waals surface area contributed by atoms with Crippen molar-refractivity contribution in [3.8, 4) is 56.2 Å². The van der Waals surface area contributed by atoms with Gasteiger partial charge in [0, 0.05) is 23.3 Å². The zero-order chi connectivity index (χ0) is 26.2. The Labute approximate surface area is 218 Å².